The number of rotatable bonds is 4. The SMILES string of the molecule is CC1CCN(S(=O)(=O)NCc2ccc(C#CCO)s2)CC1. The maximum atomic E-state index is 12.2. The van der Waals surface area contributed by atoms with Crippen molar-refractivity contribution in [2.24, 2.45) is 5.92 Å². The molecule has 2 heterocycles. The highest BCUT2D eigenvalue weighted by Gasteiger charge is 2.25. The van der Waals surface area contributed by atoms with Gasteiger partial charge >= 0.3 is 0 Å². The van der Waals surface area contributed by atoms with Crippen molar-refractivity contribution in [1.82, 2.24) is 9.03 Å². The van der Waals surface area contributed by atoms with E-state index in [2.05, 4.69) is 23.5 Å². The Morgan fingerprint density at radius 2 is 2.14 bits per heavy atom. The summed E-state index contributed by atoms with van der Waals surface area (Å²) in [6.45, 7) is 3.44. The van der Waals surface area contributed by atoms with Crippen LogP contribution in [0.2, 0.25) is 0 Å². The Bertz CT molecular complexity index is 620. The zero-order chi connectivity index (χ0) is 15.3. The molecule has 21 heavy (non-hydrogen) atoms. The monoisotopic (exact) mass is 328 g/mol. The van der Waals surface area contributed by atoms with Crippen LogP contribution in [0.4, 0.5) is 0 Å². The first-order valence-electron chi connectivity index (χ1n) is 6.94. The molecule has 0 aromatic carbocycles. The predicted molar refractivity (Wildman–Crippen MR) is 84.0 cm³/mol. The lowest BCUT2D eigenvalue weighted by atomic mass is 10.0. The summed E-state index contributed by atoms with van der Waals surface area (Å²) in [7, 11) is -3.40. The first kappa shape index (κ1) is 16.5. The van der Waals surface area contributed by atoms with Gasteiger partial charge < -0.3 is 5.11 Å². The lowest BCUT2D eigenvalue weighted by Crippen LogP contribution is -2.44. The highest BCUT2D eigenvalue weighted by Crippen LogP contribution is 2.19. The topological polar surface area (TPSA) is 69.6 Å². The molecule has 0 spiro atoms. The van der Waals surface area contributed by atoms with E-state index in [0.717, 1.165) is 22.6 Å². The fourth-order valence-corrected chi connectivity index (χ4v) is 4.27. The van der Waals surface area contributed by atoms with Gasteiger partial charge in [-0.25, -0.2) is 0 Å². The molecule has 116 valence electrons. The number of nitrogens with one attached hydrogen (secondary N) is 1. The van der Waals surface area contributed by atoms with E-state index < -0.39 is 10.2 Å². The summed E-state index contributed by atoms with van der Waals surface area (Å²) in [5.41, 5.74) is 0. The molecular weight excluding hydrogens is 308 g/mol. The maximum Gasteiger partial charge on any atom is 0.279 e. The Hall–Kier alpha value is -0.910. The van der Waals surface area contributed by atoms with Crippen LogP contribution in [0, 0.1) is 17.8 Å². The minimum absolute atomic E-state index is 0.173. The molecule has 2 rings (SSSR count). The molecule has 1 fully saturated rings. The molecule has 5 nitrogen and oxygen atoms in total. The smallest absolute Gasteiger partial charge is 0.279 e. The molecule has 1 saturated heterocycles. The summed E-state index contributed by atoms with van der Waals surface area (Å²) in [6, 6.07) is 3.69. The molecule has 2 N–H and O–H groups in total. The van der Waals surface area contributed by atoms with E-state index in [0.29, 0.717) is 19.0 Å². The standard InChI is InChI=1S/C14H20N2O3S2/c1-12-6-8-16(9-7-12)21(18,19)15-11-14-5-4-13(20-14)3-2-10-17/h4-5,12,15,17H,6-11H2,1H3. The molecule has 1 aromatic heterocycles. The highest BCUT2D eigenvalue weighted by atomic mass is 32.2. The van der Waals surface area contributed by atoms with Gasteiger partial charge in [-0.2, -0.15) is 17.4 Å². The van der Waals surface area contributed by atoms with Crippen LogP contribution in [0.5, 0.6) is 0 Å². The summed E-state index contributed by atoms with van der Waals surface area (Å²) in [5.74, 6) is 5.98. The fraction of sp³-hybridized carbons (Fsp3) is 0.571. The lowest BCUT2D eigenvalue weighted by Gasteiger charge is -2.29. The van der Waals surface area contributed by atoms with Gasteiger partial charge in [0.25, 0.3) is 10.2 Å². The van der Waals surface area contributed by atoms with Crippen molar-refractivity contribution in [3.05, 3.63) is 21.9 Å². The third-order valence-electron chi connectivity index (χ3n) is 3.46. The minimum Gasteiger partial charge on any atom is -0.384 e. The Morgan fingerprint density at radius 3 is 2.81 bits per heavy atom. The second kappa shape index (κ2) is 7.38. The zero-order valence-electron chi connectivity index (χ0n) is 12.0. The number of aliphatic hydroxyl groups excluding tert-OH is 1. The quantitative estimate of drug-likeness (QED) is 0.815. The van der Waals surface area contributed by atoms with Crippen molar-refractivity contribution in [1.29, 1.82) is 0 Å². The Balaban J connectivity index is 1.91. The fourth-order valence-electron chi connectivity index (χ4n) is 2.15. The zero-order valence-corrected chi connectivity index (χ0v) is 13.6. The van der Waals surface area contributed by atoms with E-state index in [1.165, 1.54) is 15.6 Å². The van der Waals surface area contributed by atoms with Gasteiger partial charge in [-0.05, 0) is 30.9 Å². The van der Waals surface area contributed by atoms with Crippen molar-refractivity contribution < 1.29 is 13.5 Å². The summed E-state index contributed by atoms with van der Waals surface area (Å²) >= 11 is 1.43. The summed E-state index contributed by atoms with van der Waals surface area (Å²) < 4.78 is 28.6. The van der Waals surface area contributed by atoms with E-state index in [1.807, 2.05) is 12.1 Å². The van der Waals surface area contributed by atoms with Crippen molar-refractivity contribution in [2.75, 3.05) is 19.7 Å². The number of hydrogen-bond donors (Lipinski definition) is 2. The van der Waals surface area contributed by atoms with Crippen LogP contribution in [-0.4, -0.2) is 37.5 Å². The van der Waals surface area contributed by atoms with E-state index in [9.17, 15) is 8.42 Å². The second-order valence-corrected chi connectivity index (χ2v) is 8.06. The largest absolute Gasteiger partial charge is 0.384 e. The summed E-state index contributed by atoms with van der Waals surface area (Å²) in [4.78, 5) is 1.73. The van der Waals surface area contributed by atoms with Crippen molar-refractivity contribution in [3.63, 3.8) is 0 Å². The van der Waals surface area contributed by atoms with E-state index in [-0.39, 0.29) is 13.2 Å². The second-order valence-electron chi connectivity index (χ2n) is 5.13. The number of hydrogen-bond acceptors (Lipinski definition) is 4. The van der Waals surface area contributed by atoms with E-state index >= 15 is 0 Å². The van der Waals surface area contributed by atoms with Gasteiger partial charge in [0.2, 0.25) is 0 Å². The van der Waals surface area contributed by atoms with Crippen LogP contribution in [0.25, 0.3) is 0 Å². The third kappa shape index (κ3) is 4.80. The first-order chi connectivity index (χ1) is 10.0. The van der Waals surface area contributed by atoms with E-state index in [1.54, 1.807) is 0 Å². The van der Waals surface area contributed by atoms with Crippen molar-refractivity contribution in [2.45, 2.75) is 26.3 Å². The summed E-state index contributed by atoms with van der Waals surface area (Å²) in [5, 5.41) is 8.64. The molecule has 7 heteroatoms. The molecule has 1 aliphatic heterocycles. The molecule has 0 saturated carbocycles. The molecule has 0 amide bonds. The Labute approximate surface area is 130 Å². The Morgan fingerprint density at radius 1 is 1.43 bits per heavy atom. The van der Waals surface area contributed by atoms with Gasteiger partial charge in [0, 0.05) is 24.5 Å². The number of aliphatic hydroxyl groups is 1. The number of thiophene rings is 1. The number of nitrogens with zero attached hydrogens (tertiary/aromatic N) is 1. The van der Waals surface area contributed by atoms with Gasteiger partial charge in [-0.3, -0.25) is 0 Å². The van der Waals surface area contributed by atoms with Crippen LogP contribution in [0.15, 0.2) is 12.1 Å². The molecule has 0 atom stereocenters. The number of piperidine rings is 1. The van der Waals surface area contributed by atoms with Gasteiger partial charge in [0.05, 0.1) is 4.88 Å². The molecule has 0 bridgehead atoms. The van der Waals surface area contributed by atoms with Gasteiger partial charge in [0.15, 0.2) is 0 Å². The molecule has 1 aliphatic rings. The van der Waals surface area contributed by atoms with Gasteiger partial charge in [-0.15, -0.1) is 11.3 Å². The maximum absolute atomic E-state index is 12.2. The average molecular weight is 328 g/mol. The Kier molecular flexibility index (Phi) is 5.79. The van der Waals surface area contributed by atoms with Gasteiger partial charge in [-0.1, -0.05) is 18.8 Å². The molecular formula is C14H20N2O3S2. The van der Waals surface area contributed by atoms with Crippen LogP contribution < -0.4 is 4.72 Å². The summed E-state index contributed by atoms with van der Waals surface area (Å²) in [6.07, 6.45) is 1.83. The predicted octanol–water partition coefficient (Wildman–Crippen LogP) is 1.16. The normalized spacial score (nSPS) is 17.4. The van der Waals surface area contributed by atoms with Gasteiger partial charge in [0.1, 0.15) is 6.61 Å². The molecule has 0 unspecified atom stereocenters. The van der Waals surface area contributed by atoms with Crippen LogP contribution in [-0.2, 0) is 16.8 Å². The molecule has 0 aliphatic carbocycles. The minimum atomic E-state index is -3.40. The molecule has 1 aromatic rings. The first-order valence-corrected chi connectivity index (χ1v) is 9.20. The van der Waals surface area contributed by atoms with Crippen molar-refractivity contribution in [3.8, 4) is 11.8 Å². The average Bonchev–Trinajstić information content (AvgIpc) is 2.91. The van der Waals surface area contributed by atoms with Crippen LogP contribution >= 0.6 is 11.3 Å². The van der Waals surface area contributed by atoms with E-state index in [4.69, 9.17) is 5.11 Å². The lowest BCUT2D eigenvalue weighted by molar-refractivity contribution is 0.285. The highest BCUT2D eigenvalue weighted by molar-refractivity contribution is 7.87. The van der Waals surface area contributed by atoms with Crippen LogP contribution in [0.1, 0.15) is 29.5 Å². The molecule has 0 radical (unpaired) electrons. The third-order valence-corrected chi connectivity index (χ3v) is 6.02. The van der Waals surface area contributed by atoms with Crippen LogP contribution in [0.3, 0.4) is 0 Å². The van der Waals surface area contributed by atoms with Crippen molar-refractivity contribution >= 4 is 21.5 Å².